The normalized spacial score (nSPS) is 14.6. The van der Waals surface area contributed by atoms with E-state index in [-0.39, 0.29) is 29.7 Å². The van der Waals surface area contributed by atoms with Crippen molar-refractivity contribution in [1.82, 2.24) is 39.6 Å². The molecule has 4 N–H and O–H groups in total. The summed E-state index contributed by atoms with van der Waals surface area (Å²) in [4.78, 5) is 76.9. The van der Waals surface area contributed by atoms with E-state index >= 15 is 0 Å². The third-order valence-corrected chi connectivity index (χ3v) is 12.1. The van der Waals surface area contributed by atoms with Crippen LogP contribution in [0, 0.1) is 13.8 Å². The number of carbonyl (C=O) groups is 4. The maximum absolute atomic E-state index is 13.1. The van der Waals surface area contributed by atoms with Gasteiger partial charge in [0.1, 0.15) is 17.2 Å². The first kappa shape index (κ1) is 42.2. The van der Waals surface area contributed by atoms with E-state index in [0.717, 1.165) is 92.0 Å². The predicted octanol–water partition coefficient (Wildman–Crippen LogP) is 6.15. The first-order valence-corrected chi connectivity index (χ1v) is 21.5. The van der Waals surface area contributed by atoms with Crippen LogP contribution in [0.5, 0.6) is 0 Å². The molecule has 1 saturated heterocycles. The van der Waals surface area contributed by atoms with Crippen LogP contribution in [0.2, 0.25) is 0 Å². The Morgan fingerprint density at radius 2 is 1.65 bits per heavy atom. The third-order valence-electron chi connectivity index (χ3n) is 11.1. The largest absolute Gasteiger partial charge is 0.368 e. The number of aromatic nitrogens is 5. The van der Waals surface area contributed by atoms with E-state index in [4.69, 9.17) is 4.98 Å². The Balaban J connectivity index is 0.798. The van der Waals surface area contributed by atoms with Gasteiger partial charge >= 0.3 is 0 Å². The highest BCUT2D eigenvalue weighted by atomic mass is 32.1. The van der Waals surface area contributed by atoms with E-state index in [1.165, 1.54) is 11.3 Å². The Labute approximate surface area is 354 Å². The first-order valence-electron chi connectivity index (χ1n) is 20.7. The number of anilines is 5. The molecule has 1 saturated carbocycles. The topological polar surface area (TPSA) is 183 Å². The van der Waals surface area contributed by atoms with Gasteiger partial charge in [-0.05, 0) is 69.9 Å². The van der Waals surface area contributed by atoms with E-state index in [2.05, 4.69) is 50.6 Å². The Morgan fingerprint density at radius 3 is 2.37 bits per heavy atom. The maximum atomic E-state index is 13.1. The van der Waals surface area contributed by atoms with Gasteiger partial charge < -0.3 is 30.3 Å². The Morgan fingerprint density at radius 1 is 0.867 bits per heavy atom. The van der Waals surface area contributed by atoms with Gasteiger partial charge in [0, 0.05) is 75.7 Å². The molecule has 0 radical (unpaired) electrons. The molecule has 4 aromatic heterocycles. The number of hydrogen-bond donors (Lipinski definition) is 4. The zero-order valence-electron chi connectivity index (χ0n) is 34.8. The molecular weight excluding hydrogens is 781 g/mol. The fourth-order valence-electron chi connectivity index (χ4n) is 7.69. The number of amides is 4. The minimum absolute atomic E-state index is 0.00678. The number of piperazine rings is 1. The van der Waals surface area contributed by atoms with Gasteiger partial charge in [-0.15, -0.1) is 11.3 Å². The predicted molar refractivity (Wildman–Crippen MR) is 235 cm³/mol. The van der Waals surface area contributed by atoms with Gasteiger partial charge in [-0.25, -0.2) is 15.0 Å². The summed E-state index contributed by atoms with van der Waals surface area (Å²) in [6.45, 7) is 7.80. The minimum atomic E-state index is -0.323. The number of thiazole rings is 1. The van der Waals surface area contributed by atoms with Crippen molar-refractivity contribution in [3.05, 3.63) is 76.7 Å². The molecule has 7 rings (SSSR count). The smallest absolute Gasteiger partial charge is 0.270 e. The van der Waals surface area contributed by atoms with Gasteiger partial charge in [0.25, 0.3) is 11.8 Å². The highest BCUT2D eigenvalue weighted by molar-refractivity contribution is 7.15. The Kier molecular flexibility index (Phi) is 13.7. The number of nitrogens with zero attached hydrogens (tertiary/aromatic N) is 8. The second-order valence-electron chi connectivity index (χ2n) is 15.7. The van der Waals surface area contributed by atoms with E-state index in [9.17, 15) is 19.2 Å². The molecule has 17 heteroatoms. The second-order valence-corrected chi connectivity index (χ2v) is 16.9. The number of pyridine rings is 1. The zero-order chi connectivity index (χ0) is 42.2. The number of rotatable bonds is 16. The summed E-state index contributed by atoms with van der Waals surface area (Å²) >= 11 is 1.41. The number of carbonyl (C=O) groups excluding carboxylic acids is 4. The van der Waals surface area contributed by atoms with Crippen molar-refractivity contribution < 1.29 is 19.2 Å². The van der Waals surface area contributed by atoms with Gasteiger partial charge in [-0.2, -0.15) is 4.98 Å². The average Bonchev–Trinajstić information content (AvgIpc) is 3.98. The summed E-state index contributed by atoms with van der Waals surface area (Å²) < 4.78 is 2.10. The highest BCUT2D eigenvalue weighted by Crippen LogP contribution is 2.35. The molecule has 1 aromatic carbocycles. The van der Waals surface area contributed by atoms with Crippen LogP contribution in [-0.4, -0.2) is 111 Å². The Bertz CT molecular complexity index is 2290. The van der Waals surface area contributed by atoms with Crippen molar-refractivity contribution in [1.29, 1.82) is 0 Å². The summed E-state index contributed by atoms with van der Waals surface area (Å²) in [7, 11) is 3.54. The number of para-hydroxylation sites is 1. The van der Waals surface area contributed by atoms with Gasteiger partial charge in [-0.1, -0.05) is 31.4 Å². The lowest BCUT2D eigenvalue weighted by Gasteiger charge is -2.35. The van der Waals surface area contributed by atoms with Crippen LogP contribution >= 0.6 is 11.3 Å². The van der Waals surface area contributed by atoms with Gasteiger partial charge in [0.15, 0.2) is 5.13 Å². The van der Waals surface area contributed by atoms with Crippen LogP contribution in [0.25, 0.3) is 11.0 Å². The third kappa shape index (κ3) is 10.4. The average molecular weight is 835 g/mol. The van der Waals surface area contributed by atoms with Crippen molar-refractivity contribution in [2.75, 3.05) is 74.2 Å². The Hall–Kier alpha value is -5.94. The molecule has 60 heavy (non-hydrogen) atoms. The van der Waals surface area contributed by atoms with Crippen LogP contribution in [-0.2, 0) is 9.59 Å². The summed E-state index contributed by atoms with van der Waals surface area (Å²) in [6, 6.07) is 13.0. The van der Waals surface area contributed by atoms with Crippen LogP contribution in [0.15, 0.2) is 54.9 Å². The molecule has 5 aromatic rings. The molecule has 0 unspecified atom stereocenters. The summed E-state index contributed by atoms with van der Waals surface area (Å²) in [5, 5.41) is 13.3. The zero-order valence-corrected chi connectivity index (χ0v) is 35.6. The minimum Gasteiger partial charge on any atom is -0.368 e. The van der Waals surface area contributed by atoms with E-state index < -0.39 is 0 Å². The van der Waals surface area contributed by atoms with Crippen LogP contribution in [0.1, 0.15) is 88.8 Å². The standard InChI is InChI=1S/C43H54N12O4S/c1-28-29(2)60-43(47-28)51-40(58)33-14-9-10-15-34(33)48-37(56)16-6-5-11-19-44-38(57)27-53-20-22-54(23-21-53)32-17-18-36(45-26-32)49-42-46-25-30-24-35(41(59)52(3)4)55(39(30)50-42)31-12-7-8-13-31/h9-10,14-15,17-18,24-26,31H,5-8,11-13,16,19-23,27H2,1-4H3,(H,44,57)(H,48,56)(H,47,51,58)(H,45,46,49,50). The molecule has 0 bridgehead atoms. The molecular formula is C43H54N12O4S. The maximum Gasteiger partial charge on any atom is 0.270 e. The monoisotopic (exact) mass is 834 g/mol. The molecule has 1 aliphatic carbocycles. The first-order chi connectivity index (χ1) is 29.0. The second kappa shape index (κ2) is 19.4. The van der Waals surface area contributed by atoms with E-state index in [0.29, 0.717) is 59.8 Å². The molecule has 16 nitrogen and oxygen atoms in total. The van der Waals surface area contributed by atoms with Gasteiger partial charge in [-0.3, -0.25) is 29.4 Å². The number of unbranched alkanes of at least 4 members (excludes halogenated alkanes) is 2. The quantitative estimate of drug-likeness (QED) is 0.0837. The number of hydrogen-bond acceptors (Lipinski definition) is 12. The lowest BCUT2D eigenvalue weighted by atomic mass is 10.1. The molecule has 2 fully saturated rings. The van der Waals surface area contributed by atoms with Gasteiger partial charge in [0.05, 0.1) is 35.4 Å². The van der Waals surface area contributed by atoms with Crippen molar-refractivity contribution >= 4 is 74.3 Å². The number of benzene rings is 1. The molecule has 2 aliphatic rings. The number of fused-ring (bicyclic) bond motifs is 1. The summed E-state index contributed by atoms with van der Waals surface area (Å²) in [5.74, 6) is 0.523. The fraction of sp³-hybridized carbons (Fsp3) is 0.442. The number of aryl methyl sites for hydroxylation is 2. The van der Waals surface area contributed by atoms with Gasteiger partial charge in [0.2, 0.25) is 17.8 Å². The fourth-order valence-corrected chi connectivity index (χ4v) is 8.50. The highest BCUT2D eigenvalue weighted by Gasteiger charge is 2.27. The molecule has 5 heterocycles. The van der Waals surface area contributed by atoms with Crippen molar-refractivity contribution in [3.63, 3.8) is 0 Å². The van der Waals surface area contributed by atoms with Crippen LogP contribution in [0.3, 0.4) is 0 Å². The number of nitrogens with one attached hydrogen (secondary N) is 4. The van der Waals surface area contributed by atoms with E-state index in [1.807, 2.05) is 38.2 Å². The van der Waals surface area contributed by atoms with Crippen molar-refractivity contribution in [3.8, 4) is 0 Å². The lowest BCUT2D eigenvalue weighted by molar-refractivity contribution is -0.122. The molecule has 0 spiro atoms. The molecule has 316 valence electrons. The van der Waals surface area contributed by atoms with Crippen LogP contribution < -0.4 is 26.2 Å². The van der Waals surface area contributed by atoms with Crippen molar-refractivity contribution in [2.24, 2.45) is 0 Å². The molecule has 4 amide bonds. The molecule has 0 atom stereocenters. The van der Waals surface area contributed by atoms with E-state index in [1.54, 1.807) is 49.5 Å². The SMILES string of the molecule is Cc1nc(NC(=O)c2ccccc2NC(=O)CCCCCNC(=O)CN2CCN(c3ccc(Nc4ncc5cc(C(=O)N(C)C)n(C6CCCC6)c5n4)nc3)CC2)sc1C. The lowest BCUT2D eigenvalue weighted by Crippen LogP contribution is -2.49. The summed E-state index contributed by atoms with van der Waals surface area (Å²) in [6.07, 6.45) is 10.5. The summed E-state index contributed by atoms with van der Waals surface area (Å²) in [5.41, 5.74) is 4.12. The van der Waals surface area contributed by atoms with Crippen molar-refractivity contribution in [2.45, 2.75) is 71.3 Å². The molecule has 1 aliphatic heterocycles. The van der Waals surface area contributed by atoms with Crippen LogP contribution in [0.4, 0.5) is 28.3 Å².